The lowest BCUT2D eigenvalue weighted by atomic mass is 9.94. The molecule has 8 heteroatoms. The molecule has 1 aliphatic carbocycles. The van der Waals surface area contributed by atoms with E-state index in [1.807, 2.05) is 17.8 Å². The van der Waals surface area contributed by atoms with Crippen LogP contribution in [0.5, 0.6) is 0 Å². The molecule has 0 aromatic carbocycles. The van der Waals surface area contributed by atoms with Crippen molar-refractivity contribution in [3.05, 3.63) is 29.1 Å². The molecular weight excluding hydrogens is 306 g/mol. The van der Waals surface area contributed by atoms with E-state index in [9.17, 15) is 4.79 Å². The molecule has 8 nitrogen and oxygen atoms in total. The van der Waals surface area contributed by atoms with Crippen molar-refractivity contribution in [1.82, 2.24) is 35.6 Å². The average molecular weight is 329 g/mol. The fourth-order valence-corrected chi connectivity index (χ4v) is 3.60. The third-order valence-corrected chi connectivity index (χ3v) is 4.90. The summed E-state index contributed by atoms with van der Waals surface area (Å²) in [5.41, 5.74) is 2.40. The highest BCUT2D eigenvalue weighted by Crippen LogP contribution is 2.23. The molecule has 0 saturated carbocycles. The number of hydrogen-bond donors (Lipinski definition) is 3. The van der Waals surface area contributed by atoms with Crippen LogP contribution in [0.15, 0.2) is 6.20 Å². The minimum Gasteiger partial charge on any atom is -0.335 e. The van der Waals surface area contributed by atoms with Gasteiger partial charge in [-0.2, -0.15) is 10.2 Å². The van der Waals surface area contributed by atoms with Crippen LogP contribution in [-0.4, -0.2) is 37.0 Å². The molecule has 3 heterocycles. The van der Waals surface area contributed by atoms with Gasteiger partial charge in [0.15, 0.2) is 5.82 Å². The molecule has 2 aromatic rings. The molecule has 2 aromatic heterocycles. The fourth-order valence-electron chi connectivity index (χ4n) is 3.60. The van der Waals surface area contributed by atoms with Crippen molar-refractivity contribution in [3.63, 3.8) is 0 Å². The number of urea groups is 1. The zero-order chi connectivity index (χ0) is 16.5. The third-order valence-electron chi connectivity index (χ3n) is 4.90. The number of carbonyl (C=O) groups is 1. The van der Waals surface area contributed by atoms with Gasteiger partial charge < -0.3 is 10.6 Å². The number of aryl methyl sites for hydroxylation is 3. The molecule has 0 fully saturated rings. The smallest absolute Gasteiger partial charge is 0.315 e. The van der Waals surface area contributed by atoms with Crippen molar-refractivity contribution in [2.24, 2.45) is 0 Å². The topological polar surface area (TPSA) is 101 Å². The van der Waals surface area contributed by atoms with Gasteiger partial charge in [-0.1, -0.05) is 6.92 Å². The van der Waals surface area contributed by atoms with Crippen molar-refractivity contribution in [3.8, 4) is 0 Å². The number of nitrogens with one attached hydrogen (secondary N) is 3. The normalized spacial score (nSPS) is 22.5. The maximum Gasteiger partial charge on any atom is 0.315 e. The van der Waals surface area contributed by atoms with E-state index in [4.69, 9.17) is 0 Å². The van der Waals surface area contributed by atoms with Crippen molar-refractivity contribution in [2.45, 2.75) is 64.1 Å². The number of aromatic amines is 1. The second-order valence-electron chi connectivity index (χ2n) is 6.59. The summed E-state index contributed by atoms with van der Waals surface area (Å²) in [4.78, 5) is 17.0. The Balaban J connectivity index is 1.38. The summed E-state index contributed by atoms with van der Waals surface area (Å²) < 4.78 is 1.94. The zero-order valence-electron chi connectivity index (χ0n) is 13.9. The first-order valence-corrected chi connectivity index (χ1v) is 8.74. The molecule has 128 valence electrons. The van der Waals surface area contributed by atoms with E-state index < -0.39 is 0 Å². The molecule has 2 unspecified atom stereocenters. The van der Waals surface area contributed by atoms with Gasteiger partial charge in [-0.25, -0.2) is 14.5 Å². The predicted octanol–water partition coefficient (Wildman–Crippen LogP) is 1.26. The van der Waals surface area contributed by atoms with Crippen LogP contribution in [0.25, 0.3) is 0 Å². The van der Waals surface area contributed by atoms with Crippen molar-refractivity contribution < 1.29 is 4.79 Å². The molecule has 3 N–H and O–H groups in total. The molecule has 1 aliphatic heterocycles. The number of nitrogens with zero attached hydrogens (tertiary/aromatic N) is 4. The van der Waals surface area contributed by atoms with Crippen LogP contribution in [0.3, 0.4) is 0 Å². The van der Waals surface area contributed by atoms with E-state index >= 15 is 0 Å². The third kappa shape index (κ3) is 2.88. The molecule has 4 rings (SSSR count). The monoisotopic (exact) mass is 329 g/mol. The molecule has 2 amide bonds. The molecule has 2 atom stereocenters. The Hall–Kier alpha value is -2.38. The van der Waals surface area contributed by atoms with Crippen LogP contribution in [0.4, 0.5) is 4.79 Å². The number of amides is 2. The van der Waals surface area contributed by atoms with Gasteiger partial charge in [0.1, 0.15) is 5.82 Å². The van der Waals surface area contributed by atoms with Crippen LogP contribution < -0.4 is 10.6 Å². The SMILES string of the molecule is CCc1nc2n(n1)CCCC2NC(=O)NC1CCc2cn[nH]c2C1. The molecule has 24 heavy (non-hydrogen) atoms. The van der Waals surface area contributed by atoms with E-state index in [-0.39, 0.29) is 18.1 Å². The summed E-state index contributed by atoms with van der Waals surface area (Å²) in [6.07, 6.45) is 7.31. The van der Waals surface area contributed by atoms with Gasteiger partial charge in [0.05, 0.1) is 12.2 Å². The van der Waals surface area contributed by atoms with Crippen molar-refractivity contribution in [1.29, 1.82) is 0 Å². The maximum atomic E-state index is 12.4. The number of rotatable bonds is 3. The highest BCUT2D eigenvalue weighted by atomic mass is 16.2. The van der Waals surface area contributed by atoms with Crippen LogP contribution in [0.1, 0.15) is 55.1 Å². The quantitative estimate of drug-likeness (QED) is 0.789. The number of H-pyrrole nitrogens is 1. The van der Waals surface area contributed by atoms with Gasteiger partial charge in [-0.3, -0.25) is 5.10 Å². The largest absolute Gasteiger partial charge is 0.335 e. The summed E-state index contributed by atoms with van der Waals surface area (Å²) in [6.45, 7) is 2.93. The van der Waals surface area contributed by atoms with Crippen molar-refractivity contribution in [2.75, 3.05) is 0 Å². The van der Waals surface area contributed by atoms with E-state index in [1.165, 1.54) is 5.56 Å². The van der Waals surface area contributed by atoms with E-state index in [0.29, 0.717) is 0 Å². The Morgan fingerprint density at radius 1 is 1.42 bits per heavy atom. The lowest BCUT2D eigenvalue weighted by Crippen LogP contribution is -2.46. The summed E-state index contributed by atoms with van der Waals surface area (Å²) in [7, 11) is 0. The highest BCUT2D eigenvalue weighted by molar-refractivity contribution is 5.74. The van der Waals surface area contributed by atoms with Crippen LogP contribution in [0.2, 0.25) is 0 Å². The molecular formula is C16H23N7O. The van der Waals surface area contributed by atoms with Gasteiger partial charge in [-0.05, 0) is 31.2 Å². The van der Waals surface area contributed by atoms with E-state index in [1.54, 1.807) is 0 Å². The Labute approximate surface area is 140 Å². The van der Waals surface area contributed by atoms with E-state index in [2.05, 4.69) is 30.9 Å². The number of aromatic nitrogens is 5. The second kappa shape index (κ2) is 6.26. The van der Waals surface area contributed by atoms with E-state index in [0.717, 1.165) is 62.4 Å². The Kier molecular flexibility index (Phi) is 3.95. The van der Waals surface area contributed by atoms with Crippen molar-refractivity contribution >= 4 is 6.03 Å². The zero-order valence-corrected chi connectivity index (χ0v) is 13.9. The summed E-state index contributed by atoms with van der Waals surface area (Å²) in [6, 6.07) is -0.0362. The average Bonchev–Trinajstić information content (AvgIpc) is 3.20. The highest BCUT2D eigenvalue weighted by Gasteiger charge is 2.27. The van der Waals surface area contributed by atoms with Crippen LogP contribution in [-0.2, 0) is 25.8 Å². The minimum absolute atomic E-state index is 0.0575. The van der Waals surface area contributed by atoms with Gasteiger partial charge in [-0.15, -0.1) is 0 Å². The molecule has 2 aliphatic rings. The molecule has 0 spiro atoms. The second-order valence-corrected chi connectivity index (χ2v) is 6.59. The maximum absolute atomic E-state index is 12.4. The van der Waals surface area contributed by atoms with Crippen LogP contribution in [0, 0.1) is 0 Å². The minimum atomic E-state index is -0.123. The summed E-state index contributed by atoms with van der Waals surface area (Å²) >= 11 is 0. The molecule has 0 saturated heterocycles. The fraction of sp³-hybridized carbons (Fsp3) is 0.625. The predicted molar refractivity (Wildman–Crippen MR) is 87.4 cm³/mol. The number of fused-ring (bicyclic) bond motifs is 2. The molecule has 0 radical (unpaired) electrons. The standard InChI is InChI=1S/C16H23N7O/c1-2-14-20-15-12(4-3-7-23(15)22-14)19-16(24)18-11-6-5-10-9-17-21-13(10)8-11/h9,11-12H,2-8H2,1H3,(H,17,21)(H2,18,19,24). The number of hydrogen-bond acceptors (Lipinski definition) is 4. The number of carbonyl (C=O) groups excluding carboxylic acids is 1. The summed E-state index contributed by atoms with van der Waals surface area (Å²) in [5, 5.41) is 17.8. The Bertz CT molecular complexity index is 735. The molecule has 0 bridgehead atoms. The van der Waals surface area contributed by atoms with Gasteiger partial charge in [0, 0.05) is 31.1 Å². The van der Waals surface area contributed by atoms with Gasteiger partial charge >= 0.3 is 6.03 Å². The first-order valence-electron chi connectivity index (χ1n) is 8.74. The van der Waals surface area contributed by atoms with Crippen LogP contribution >= 0.6 is 0 Å². The Morgan fingerprint density at radius 3 is 3.21 bits per heavy atom. The first-order chi connectivity index (χ1) is 11.7. The first kappa shape index (κ1) is 15.2. The van der Waals surface area contributed by atoms with Gasteiger partial charge in [0.2, 0.25) is 0 Å². The van der Waals surface area contributed by atoms with Gasteiger partial charge in [0.25, 0.3) is 0 Å². The lowest BCUT2D eigenvalue weighted by molar-refractivity contribution is 0.227. The summed E-state index contributed by atoms with van der Waals surface area (Å²) in [5.74, 6) is 1.73. The lowest BCUT2D eigenvalue weighted by Gasteiger charge is -2.26. The Morgan fingerprint density at radius 2 is 2.33 bits per heavy atom.